The molecule has 0 spiro atoms. The summed E-state index contributed by atoms with van der Waals surface area (Å²) >= 11 is 1.41. The van der Waals surface area contributed by atoms with Crippen molar-refractivity contribution >= 4 is 22.9 Å². The lowest BCUT2D eigenvalue weighted by Crippen LogP contribution is -2.11. The highest BCUT2D eigenvalue weighted by atomic mass is 32.1. The predicted octanol–water partition coefficient (Wildman–Crippen LogP) is 1.78. The highest BCUT2D eigenvalue weighted by Crippen LogP contribution is 2.17. The van der Waals surface area contributed by atoms with Gasteiger partial charge in [-0.05, 0) is 13.0 Å². The summed E-state index contributed by atoms with van der Waals surface area (Å²) in [5.74, 6) is 5.57. The zero-order valence-corrected chi connectivity index (χ0v) is 12.1. The maximum Gasteiger partial charge on any atom is 0.256 e. The molecule has 0 saturated carbocycles. The fourth-order valence-corrected chi connectivity index (χ4v) is 2.40. The van der Waals surface area contributed by atoms with Crippen LogP contribution in [0, 0.1) is 18.8 Å². The minimum absolute atomic E-state index is 0.0476. The fourth-order valence-electron chi connectivity index (χ4n) is 1.64. The van der Waals surface area contributed by atoms with Crippen LogP contribution >= 0.6 is 11.3 Å². The molecule has 2 aromatic rings. The number of anilines is 1. The van der Waals surface area contributed by atoms with E-state index >= 15 is 0 Å². The van der Waals surface area contributed by atoms with Crippen LogP contribution in [0.2, 0.25) is 0 Å². The van der Waals surface area contributed by atoms with Crippen molar-refractivity contribution in [1.29, 1.82) is 0 Å². The van der Waals surface area contributed by atoms with Gasteiger partial charge in [-0.1, -0.05) is 11.8 Å². The Hall–Kier alpha value is -2.10. The first kappa shape index (κ1) is 14.3. The van der Waals surface area contributed by atoms with Crippen LogP contribution in [0.15, 0.2) is 17.6 Å². The number of aromatic nitrogens is 2. The topological polar surface area (TPSA) is 67.2 Å². The molecule has 0 radical (unpaired) electrons. The van der Waals surface area contributed by atoms with Gasteiger partial charge in [0.05, 0.1) is 28.4 Å². The first-order chi connectivity index (χ1) is 9.60. The quantitative estimate of drug-likeness (QED) is 0.846. The molecule has 6 heteroatoms. The Morgan fingerprint density at radius 2 is 2.40 bits per heavy atom. The summed E-state index contributed by atoms with van der Waals surface area (Å²) in [6.07, 6.45) is 2.20. The molecule has 0 saturated heterocycles. The molecule has 2 rings (SSSR count). The fraction of sp³-hybridized carbons (Fsp3) is 0.286. The lowest BCUT2D eigenvalue weighted by atomic mass is 10.2. The minimum atomic E-state index is -0.174. The number of carbonyl (C=O) groups excluding carboxylic acids is 1. The molecule has 0 unspecified atom stereocenters. The van der Waals surface area contributed by atoms with Crippen LogP contribution in [-0.2, 0) is 7.05 Å². The van der Waals surface area contributed by atoms with E-state index in [4.69, 9.17) is 5.11 Å². The van der Waals surface area contributed by atoms with E-state index < -0.39 is 0 Å². The second kappa shape index (κ2) is 6.37. The van der Waals surface area contributed by atoms with E-state index in [2.05, 4.69) is 22.3 Å². The Labute approximate surface area is 121 Å². The van der Waals surface area contributed by atoms with Crippen LogP contribution in [-0.4, -0.2) is 27.4 Å². The Morgan fingerprint density at radius 1 is 1.60 bits per heavy atom. The summed E-state index contributed by atoms with van der Waals surface area (Å²) < 4.78 is 1.66. The molecule has 0 aliphatic rings. The first-order valence-electron chi connectivity index (χ1n) is 6.10. The summed E-state index contributed by atoms with van der Waals surface area (Å²) in [5.41, 5.74) is 2.06. The van der Waals surface area contributed by atoms with Gasteiger partial charge in [0.15, 0.2) is 0 Å². The van der Waals surface area contributed by atoms with Crippen LogP contribution < -0.4 is 5.32 Å². The van der Waals surface area contributed by atoms with Crippen molar-refractivity contribution in [2.24, 2.45) is 7.05 Å². The van der Waals surface area contributed by atoms with Gasteiger partial charge in [0.1, 0.15) is 0 Å². The van der Waals surface area contributed by atoms with Crippen LogP contribution in [0.3, 0.4) is 0 Å². The summed E-state index contributed by atoms with van der Waals surface area (Å²) in [4.78, 5) is 12.9. The molecular weight excluding hydrogens is 274 g/mol. The summed E-state index contributed by atoms with van der Waals surface area (Å²) in [5, 5.41) is 17.4. The van der Waals surface area contributed by atoms with Crippen LogP contribution in [0.5, 0.6) is 0 Å². The molecule has 0 bridgehead atoms. The van der Waals surface area contributed by atoms with Crippen molar-refractivity contribution in [2.45, 2.75) is 13.3 Å². The third-order valence-corrected chi connectivity index (χ3v) is 3.42. The molecule has 0 fully saturated rings. The summed E-state index contributed by atoms with van der Waals surface area (Å²) in [6, 6.07) is 1.75. The smallest absolute Gasteiger partial charge is 0.256 e. The molecule has 0 aromatic carbocycles. The standard InChI is InChI=1S/C14H15N3O2S/c1-10-13(8-17(2)16-10)15-14(19)11-7-12(20-9-11)5-3-4-6-18/h7-9,18H,4,6H2,1-2H3,(H,15,19). The summed E-state index contributed by atoms with van der Waals surface area (Å²) in [6.45, 7) is 1.89. The average Bonchev–Trinajstić information content (AvgIpc) is 2.97. The Morgan fingerprint density at radius 3 is 3.05 bits per heavy atom. The maximum absolute atomic E-state index is 12.1. The largest absolute Gasteiger partial charge is 0.395 e. The zero-order valence-electron chi connectivity index (χ0n) is 11.3. The lowest BCUT2D eigenvalue weighted by molar-refractivity contribution is 0.102. The molecule has 2 heterocycles. The number of aliphatic hydroxyl groups excluding tert-OH is 1. The highest BCUT2D eigenvalue weighted by Gasteiger charge is 2.11. The number of aryl methyl sites for hydroxylation is 2. The molecule has 2 N–H and O–H groups in total. The monoisotopic (exact) mass is 289 g/mol. The van der Waals surface area contributed by atoms with E-state index in [-0.39, 0.29) is 12.5 Å². The van der Waals surface area contributed by atoms with Crippen molar-refractivity contribution in [1.82, 2.24) is 9.78 Å². The number of carbonyl (C=O) groups is 1. The average molecular weight is 289 g/mol. The number of rotatable bonds is 3. The van der Waals surface area contributed by atoms with Crippen LogP contribution in [0.1, 0.15) is 27.3 Å². The van der Waals surface area contributed by atoms with Gasteiger partial charge in [0.2, 0.25) is 0 Å². The lowest BCUT2D eigenvalue weighted by Gasteiger charge is -2.00. The predicted molar refractivity (Wildman–Crippen MR) is 78.8 cm³/mol. The van der Waals surface area contributed by atoms with Gasteiger partial charge < -0.3 is 10.4 Å². The van der Waals surface area contributed by atoms with Crippen molar-refractivity contribution < 1.29 is 9.90 Å². The van der Waals surface area contributed by atoms with Crippen molar-refractivity contribution in [3.63, 3.8) is 0 Å². The van der Waals surface area contributed by atoms with Crippen molar-refractivity contribution in [3.05, 3.63) is 33.8 Å². The number of nitrogens with zero attached hydrogens (tertiary/aromatic N) is 2. The molecule has 1 amide bonds. The van der Waals surface area contributed by atoms with Gasteiger partial charge in [-0.2, -0.15) is 5.10 Å². The Bertz CT molecular complexity index is 676. The third-order valence-electron chi connectivity index (χ3n) is 2.57. The third kappa shape index (κ3) is 3.47. The van der Waals surface area contributed by atoms with E-state index in [1.165, 1.54) is 11.3 Å². The van der Waals surface area contributed by atoms with Gasteiger partial charge >= 0.3 is 0 Å². The van der Waals surface area contributed by atoms with E-state index in [0.717, 1.165) is 10.6 Å². The van der Waals surface area contributed by atoms with Crippen LogP contribution in [0.25, 0.3) is 0 Å². The Kier molecular flexibility index (Phi) is 4.56. The van der Waals surface area contributed by atoms with Gasteiger partial charge in [-0.25, -0.2) is 0 Å². The Balaban J connectivity index is 2.07. The molecule has 0 atom stereocenters. The number of hydrogen-bond donors (Lipinski definition) is 2. The highest BCUT2D eigenvalue weighted by molar-refractivity contribution is 7.10. The maximum atomic E-state index is 12.1. The number of thiophene rings is 1. The van der Waals surface area contributed by atoms with E-state index in [9.17, 15) is 4.79 Å². The van der Waals surface area contributed by atoms with Crippen molar-refractivity contribution in [3.8, 4) is 11.8 Å². The molecule has 0 aliphatic carbocycles. The number of amides is 1. The van der Waals surface area contributed by atoms with Crippen LogP contribution in [0.4, 0.5) is 5.69 Å². The van der Waals surface area contributed by atoms with E-state index in [1.807, 2.05) is 14.0 Å². The number of nitrogens with one attached hydrogen (secondary N) is 1. The first-order valence-corrected chi connectivity index (χ1v) is 6.98. The van der Waals surface area contributed by atoms with E-state index in [1.54, 1.807) is 22.3 Å². The van der Waals surface area contributed by atoms with Crippen molar-refractivity contribution in [2.75, 3.05) is 11.9 Å². The molecule has 2 aromatic heterocycles. The number of hydrogen-bond acceptors (Lipinski definition) is 4. The number of aliphatic hydroxyl groups is 1. The van der Waals surface area contributed by atoms with Gasteiger partial charge in [-0.15, -0.1) is 11.3 Å². The molecule has 5 nitrogen and oxygen atoms in total. The zero-order chi connectivity index (χ0) is 14.5. The SMILES string of the molecule is Cc1nn(C)cc1NC(=O)c1csc(C#CCCO)c1. The van der Waals surface area contributed by atoms with Gasteiger partial charge in [0.25, 0.3) is 5.91 Å². The molecule has 20 heavy (non-hydrogen) atoms. The van der Waals surface area contributed by atoms with Gasteiger partial charge in [0, 0.05) is 25.0 Å². The second-order valence-corrected chi connectivity index (χ2v) is 5.14. The van der Waals surface area contributed by atoms with Gasteiger partial charge in [-0.3, -0.25) is 9.48 Å². The molecule has 0 aliphatic heterocycles. The second-order valence-electron chi connectivity index (χ2n) is 4.23. The minimum Gasteiger partial charge on any atom is -0.395 e. The normalized spacial score (nSPS) is 9.95. The summed E-state index contributed by atoms with van der Waals surface area (Å²) in [7, 11) is 1.81. The molecular formula is C14H15N3O2S. The van der Waals surface area contributed by atoms with E-state index in [0.29, 0.717) is 17.7 Å². The molecule has 104 valence electrons.